The Morgan fingerprint density at radius 2 is 2.19 bits per heavy atom. The van der Waals surface area contributed by atoms with Crippen molar-refractivity contribution >= 4 is 26.7 Å². The van der Waals surface area contributed by atoms with Crippen LogP contribution >= 0.6 is 11.3 Å². The summed E-state index contributed by atoms with van der Waals surface area (Å²) in [6, 6.07) is 2.05. The second kappa shape index (κ2) is 4.29. The molecule has 1 aromatic carbocycles. The van der Waals surface area contributed by atoms with E-state index in [-0.39, 0.29) is 0 Å². The number of hydrogen-bond donors (Lipinski definition) is 1. The number of methoxy groups -OCH3 is 1. The Balaban J connectivity index is 2.65. The molecule has 0 saturated carbocycles. The van der Waals surface area contributed by atoms with Gasteiger partial charge in [0.1, 0.15) is 5.75 Å². The maximum Gasteiger partial charge on any atom is 0.183 e. The molecule has 0 aliphatic carbocycles. The fourth-order valence-electron chi connectivity index (χ4n) is 1.77. The van der Waals surface area contributed by atoms with Gasteiger partial charge in [-0.2, -0.15) is 0 Å². The summed E-state index contributed by atoms with van der Waals surface area (Å²) >= 11 is 1.69. The zero-order valence-electron chi connectivity index (χ0n) is 10.0. The summed E-state index contributed by atoms with van der Waals surface area (Å²) in [4.78, 5) is 4.59. The first kappa shape index (κ1) is 11.2. The van der Waals surface area contributed by atoms with Crippen molar-refractivity contribution in [2.45, 2.75) is 20.8 Å². The number of hydrogen-bond acceptors (Lipinski definition) is 4. The molecule has 0 amide bonds. The van der Waals surface area contributed by atoms with E-state index in [0.717, 1.165) is 28.5 Å². The smallest absolute Gasteiger partial charge is 0.183 e. The number of fused-ring (bicyclic) bond motifs is 1. The molecular formula is C12H16N2OS. The van der Waals surface area contributed by atoms with Crippen LogP contribution in [0.15, 0.2) is 6.07 Å². The molecule has 0 fully saturated rings. The van der Waals surface area contributed by atoms with Gasteiger partial charge in [-0.25, -0.2) is 4.98 Å². The predicted molar refractivity (Wildman–Crippen MR) is 69.8 cm³/mol. The third-order valence-corrected chi connectivity index (χ3v) is 3.74. The molecule has 4 heteroatoms. The standard InChI is InChI=1S/C12H16N2OS/c1-5-13-12-14-10-7(2)6-9(15-4)8(3)11(10)16-12/h6H,5H2,1-4H3,(H,13,14). The Bertz CT molecular complexity index is 519. The predicted octanol–water partition coefficient (Wildman–Crippen LogP) is 3.35. The van der Waals surface area contributed by atoms with Gasteiger partial charge in [0, 0.05) is 12.1 Å². The van der Waals surface area contributed by atoms with Crippen molar-refractivity contribution < 1.29 is 4.74 Å². The summed E-state index contributed by atoms with van der Waals surface area (Å²) in [6.45, 7) is 7.12. The topological polar surface area (TPSA) is 34.2 Å². The quantitative estimate of drug-likeness (QED) is 0.887. The first-order chi connectivity index (χ1) is 7.67. The van der Waals surface area contributed by atoms with Crippen molar-refractivity contribution in [3.8, 4) is 5.75 Å². The van der Waals surface area contributed by atoms with E-state index < -0.39 is 0 Å². The molecule has 0 unspecified atom stereocenters. The van der Waals surface area contributed by atoms with E-state index in [4.69, 9.17) is 4.74 Å². The number of benzene rings is 1. The van der Waals surface area contributed by atoms with Crippen molar-refractivity contribution in [1.29, 1.82) is 0 Å². The van der Waals surface area contributed by atoms with Gasteiger partial charge >= 0.3 is 0 Å². The minimum absolute atomic E-state index is 0.898. The Morgan fingerprint density at radius 3 is 2.81 bits per heavy atom. The van der Waals surface area contributed by atoms with Gasteiger partial charge in [-0.15, -0.1) is 0 Å². The summed E-state index contributed by atoms with van der Waals surface area (Å²) < 4.78 is 6.58. The number of aryl methyl sites for hydroxylation is 2. The lowest BCUT2D eigenvalue weighted by Gasteiger charge is -2.06. The summed E-state index contributed by atoms with van der Waals surface area (Å²) in [7, 11) is 1.71. The number of nitrogens with zero attached hydrogens (tertiary/aromatic N) is 1. The lowest BCUT2D eigenvalue weighted by Crippen LogP contribution is -1.94. The maximum absolute atomic E-state index is 5.36. The first-order valence-electron chi connectivity index (χ1n) is 5.36. The molecule has 1 heterocycles. The monoisotopic (exact) mass is 236 g/mol. The molecule has 0 radical (unpaired) electrons. The maximum atomic E-state index is 5.36. The molecule has 0 saturated heterocycles. The Morgan fingerprint density at radius 1 is 1.44 bits per heavy atom. The van der Waals surface area contributed by atoms with E-state index in [9.17, 15) is 0 Å². The van der Waals surface area contributed by atoms with Crippen molar-refractivity contribution in [2.24, 2.45) is 0 Å². The van der Waals surface area contributed by atoms with Crippen LogP contribution < -0.4 is 10.1 Å². The van der Waals surface area contributed by atoms with Crippen LogP contribution in [0.3, 0.4) is 0 Å². The van der Waals surface area contributed by atoms with Crippen molar-refractivity contribution in [3.63, 3.8) is 0 Å². The van der Waals surface area contributed by atoms with Gasteiger partial charge < -0.3 is 10.1 Å². The van der Waals surface area contributed by atoms with Gasteiger partial charge in [0.2, 0.25) is 0 Å². The SMILES string of the molecule is CCNc1nc2c(C)cc(OC)c(C)c2s1. The third-order valence-electron chi connectivity index (χ3n) is 2.61. The van der Waals surface area contributed by atoms with Crippen molar-refractivity contribution in [2.75, 3.05) is 19.0 Å². The van der Waals surface area contributed by atoms with Gasteiger partial charge in [0.05, 0.1) is 17.3 Å². The van der Waals surface area contributed by atoms with E-state index in [1.807, 2.05) is 6.07 Å². The van der Waals surface area contributed by atoms with Gasteiger partial charge in [0.25, 0.3) is 0 Å². The van der Waals surface area contributed by atoms with Crippen molar-refractivity contribution in [1.82, 2.24) is 4.98 Å². The molecule has 2 rings (SSSR count). The molecule has 0 bridgehead atoms. The van der Waals surface area contributed by atoms with Crippen LogP contribution in [0.1, 0.15) is 18.1 Å². The Labute approximate surface area is 99.5 Å². The van der Waals surface area contributed by atoms with Gasteiger partial charge in [0.15, 0.2) is 5.13 Å². The molecule has 0 atom stereocenters. The zero-order chi connectivity index (χ0) is 11.7. The summed E-state index contributed by atoms with van der Waals surface area (Å²) in [5, 5.41) is 4.24. The summed E-state index contributed by atoms with van der Waals surface area (Å²) in [6.07, 6.45) is 0. The minimum Gasteiger partial charge on any atom is -0.496 e. The van der Waals surface area contributed by atoms with Crippen LogP contribution in [-0.4, -0.2) is 18.6 Å². The number of ether oxygens (including phenoxy) is 1. The summed E-state index contributed by atoms with van der Waals surface area (Å²) in [5.74, 6) is 0.941. The number of aromatic nitrogens is 1. The summed E-state index contributed by atoms with van der Waals surface area (Å²) in [5.41, 5.74) is 3.42. The molecular weight excluding hydrogens is 220 g/mol. The van der Waals surface area contributed by atoms with E-state index in [0.29, 0.717) is 0 Å². The van der Waals surface area contributed by atoms with Crippen LogP contribution in [-0.2, 0) is 0 Å². The van der Waals surface area contributed by atoms with Crippen LogP contribution in [0.2, 0.25) is 0 Å². The first-order valence-corrected chi connectivity index (χ1v) is 6.17. The fourth-order valence-corrected chi connectivity index (χ4v) is 2.87. The van der Waals surface area contributed by atoms with E-state index in [1.54, 1.807) is 18.4 Å². The van der Waals surface area contributed by atoms with E-state index in [2.05, 4.69) is 31.1 Å². The molecule has 0 spiro atoms. The average molecular weight is 236 g/mol. The Kier molecular flexibility index (Phi) is 3.01. The molecule has 16 heavy (non-hydrogen) atoms. The number of nitrogens with one attached hydrogen (secondary N) is 1. The van der Waals surface area contributed by atoms with Crippen LogP contribution in [0.4, 0.5) is 5.13 Å². The number of anilines is 1. The second-order valence-corrected chi connectivity index (χ2v) is 4.75. The highest BCUT2D eigenvalue weighted by molar-refractivity contribution is 7.22. The van der Waals surface area contributed by atoms with Gasteiger partial charge in [-0.05, 0) is 32.4 Å². The zero-order valence-corrected chi connectivity index (χ0v) is 10.9. The molecule has 3 nitrogen and oxygen atoms in total. The lowest BCUT2D eigenvalue weighted by atomic mass is 10.1. The molecule has 1 N–H and O–H groups in total. The van der Waals surface area contributed by atoms with Gasteiger partial charge in [-0.3, -0.25) is 0 Å². The average Bonchev–Trinajstić information content (AvgIpc) is 2.68. The van der Waals surface area contributed by atoms with Crippen LogP contribution in [0.5, 0.6) is 5.75 Å². The Hall–Kier alpha value is -1.29. The molecule has 0 aliphatic rings. The molecule has 86 valence electrons. The highest BCUT2D eigenvalue weighted by Gasteiger charge is 2.12. The van der Waals surface area contributed by atoms with Crippen molar-refractivity contribution in [3.05, 3.63) is 17.2 Å². The van der Waals surface area contributed by atoms with Crippen LogP contribution in [0.25, 0.3) is 10.2 Å². The third kappa shape index (κ3) is 1.73. The van der Waals surface area contributed by atoms with Gasteiger partial charge in [-0.1, -0.05) is 11.3 Å². The van der Waals surface area contributed by atoms with E-state index >= 15 is 0 Å². The molecule has 0 aliphatic heterocycles. The minimum atomic E-state index is 0.898. The highest BCUT2D eigenvalue weighted by Crippen LogP contribution is 2.35. The van der Waals surface area contributed by atoms with Crippen LogP contribution in [0, 0.1) is 13.8 Å². The molecule has 1 aromatic heterocycles. The second-order valence-electron chi connectivity index (χ2n) is 3.75. The molecule has 2 aromatic rings. The normalized spacial score (nSPS) is 10.8. The number of rotatable bonds is 3. The lowest BCUT2D eigenvalue weighted by molar-refractivity contribution is 0.412. The number of thiazole rings is 1. The largest absolute Gasteiger partial charge is 0.496 e. The van der Waals surface area contributed by atoms with E-state index in [1.165, 1.54) is 10.3 Å². The fraction of sp³-hybridized carbons (Fsp3) is 0.417. The highest BCUT2D eigenvalue weighted by atomic mass is 32.1.